The number of hydrogen-bond donors (Lipinski definition) is 8. The van der Waals surface area contributed by atoms with Crippen molar-refractivity contribution in [2.75, 3.05) is 35.6 Å². The molecule has 0 spiro atoms. The zero-order valence-corrected chi connectivity index (χ0v) is 37.9. The fourth-order valence-corrected chi connectivity index (χ4v) is 10.0. The first-order valence-corrected chi connectivity index (χ1v) is 26.3. The number of rotatable bonds is 21. The van der Waals surface area contributed by atoms with Crippen molar-refractivity contribution < 1.29 is 96.8 Å². The number of anilines is 2. The Morgan fingerprint density at radius 2 is 1.12 bits per heavy atom. The quantitative estimate of drug-likeness (QED) is 0.0132. The maximum Gasteiger partial charge on any atom is 0.397 e. The van der Waals surface area contributed by atoms with Crippen LogP contribution < -0.4 is 32.4 Å². The van der Waals surface area contributed by atoms with Crippen LogP contribution in [0.15, 0.2) is 109 Å². The highest BCUT2D eigenvalue weighted by Gasteiger charge is 2.26. The Morgan fingerprint density at radius 3 is 1.61 bits per heavy atom. The van der Waals surface area contributed by atoms with Crippen molar-refractivity contribution in [1.82, 2.24) is 0 Å². The molecule has 0 aliphatic carbocycles. The molecule has 0 saturated carbocycles. The van der Waals surface area contributed by atoms with Crippen LogP contribution in [0.25, 0.3) is 0 Å². The number of nitrogens with zero attached hydrogens (tertiary/aromatic N) is 4. The van der Waals surface area contributed by atoms with Gasteiger partial charge in [0.25, 0.3) is 30.4 Å². The Balaban J connectivity index is 1.95. The molecule has 0 aliphatic heterocycles. The molecule has 66 heavy (non-hydrogen) atoms. The van der Waals surface area contributed by atoms with E-state index >= 15 is 0 Å². The molecule has 0 aromatic heterocycles. The van der Waals surface area contributed by atoms with E-state index in [9.17, 15) is 78.9 Å². The van der Waals surface area contributed by atoms with Gasteiger partial charge in [-0.2, -0.15) is 43.9 Å². The summed E-state index contributed by atoms with van der Waals surface area (Å²) in [5.41, 5.74) is -2.94. The van der Waals surface area contributed by atoms with Gasteiger partial charge in [0.15, 0.2) is 54.1 Å². The van der Waals surface area contributed by atoms with Crippen molar-refractivity contribution in [3.05, 3.63) is 91.3 Å². The van der Waals surface area contributed by atoms with Crippen molar-refractivity contribution >= 4 is 95.5 Å². The Morgan fingerprint density at radius 1 is 0.621 bits per heavy atom. The highest BCUT2D eigenvalue weighted by molar-refractivity contribution is 7.92. The summed E-state index contributed by atoms with van der Waals surface area (Å²) in [6.45, 7) is -0.365. The van der Waals surface area contributed by atoms with E-state index in [-0.39, 0.29) is 17.9 Å². The number of hydrogen-bond acceptors (Lipinski definition) is 27. The standard InChI is InChI=1S/C29H28N6O24S7/c1-15-2-5-18(21(12-15)63(44,45)46)30-33-24-27(36)25(34-31-19-6-3-16(13-22(19)64(47,48)49)61(40,41)10-8-56-60-59-58-39)29(38)26(28(24)37)35-32-20-7-4-17(14-23(20)65(50,51)52)62(42,43)11-9-57-66(53,54)55/h2-7,12-14,31-32,36,39H,8-11H2,1H3,(H,44,45,46)(H,47,48,49)(H,50,51,52)(H,53,54,55)/b33-30?,34-25-,35-26-. The summed E-state index contributed by atoms with van der Waals surface area (Å²) in [6.07, 6.45) is 0. The predicted molar refractivity (Wildman–Crippen MR) is 219 cm³/mol. The lowest BCUT2D eigenvalue weighted by Crippen LogP contribution is -2.48. The number of azo groups is 1. The lowest BCUT2D eigenvalue weighted by Gasteiger charge is -2.10. The molecule has 0 radical (unpaired) electrons. The summed E-state index contributed by atoms with van der Waals surface area (Å²) in [4.78, 5) is 22.4. The van der Waals surface area contributed by atoms with E-state index in [1.54, 1.807) is 0 Å². The van der Waals surface area contributed by atoms with E-state index in [1.165, 1.54) is 13.0 Å². The minimum atomic E-state index is -5.46. The number of benzene rings is 4. The summed E-state index contributed by atoms with van der Waals surface area (Å²) >= 11 is 0.0235. The molecule has 0 fully saturated rings. The fraction of sp³-hybridized carbons (Fsp3) is 0.172. The van der Waals surface area contributed by atoms with E-state index in [1.807, 2.05) is 10.9 Å². The SMILES string of the molecule is Cc1ccc(N=Nc2c(O)/c(=N/Nc3ccc(S(=O)(=O)CCOSOOO)cc3S(=O)(=O)O)c(=O)/c(=N\Nc3ccc(S(=O)(=O)CCOS(=O)(=O)O)cc3S(=O)(=O)O)c2=O)c(S(=O)(=O)O)c1. The highest BCUT2D eigenvalue weighted by Crippen LogP contribution is 2.30. The smallest absolute Gasteiger partial charge is 0.397 e. The largest absolute Gasteiger partial charge is 0.504 e. The van der Waals surface area contributed by atoms with Gasteiger partial charge in [-0.1, -0.05) is 11.1 Å². The lowest BCUT2D eigenvalue weighted by molar-refractivity contribution is -0.434. The molecule has 0 unspecified atom stereocenters. The summed E-state index contributed by atoms with van der Waals surface area (Å²) in [5, 5.41) is 33.9. The molecule has 8 N–H and O–H groups in total. The van der Waals surface area contributed by atoms with Crippen LogP contribution in [-0.2, 0) is 78.2 Å². The summed E-state index contributed by atoms with van der Waals surface area (Å²) in [6, 6.07) is 6.69. The van der Waals surface area contributed by atoms with Crippen molar-refractivity contribution in [2.24, 2.45) is 20.4 Å². The highest BCUT2D eigenvalue weighted by atomic mass is 32.3. The van der Waals surface area contributed by atoms with Gasteiger partial charge in [-0.05, 0) is 61.0 Å². The van der Waals surface area contributed by atoms with Gasteiger partial charge in [0, 0.05) is 0 Å². The van der Waals surface area contributed by atoms with Gasteiger partial charge in [0.05, 0.1) is 45.9 Å². The van der Waals surface area contributed by atoms with Gasteiger partial charge in [-0.15, -0.1) is 14.6 Å². The van der Waals surface area contributed by atoms with Gasteiger partial charge in [-0.25, -0.2) is 26.3 Å². The Hall–Kier alpha value is -5.23. The minimum absolute atomic E-state index is 0.0235. The first kappa shape index (κ1) is 53.4. The second-order valence-electron chi connectivity index (χ2n) is 12.3. The zero-order valence-electron chi connectivity index (χ0n) is 32.2. The molecular weight excluding hydrogens is 1040 g/mol. The van der Waals surface area contributed by atoms with Gasteiger partial charge in [-0.3, -0.25) is 42.8 Å². The number of aromatic hydroxyl groups is 1. The van der Waals surface area contributed by atoms with Crippen LogP contribution in [0.2, 0.25) is 0 Å². The fourth-order valence-electron chi connectivity index (χ4n) is 4.90. The van der Waals surface area contributed by atoms with E-state index < -0.39 is 160 Å². The van der Waals surface area contributed by atoms with Crippen LogP contribution in [0.5, 0.6) is 5.75 Å². The Labute approximate surface area is 374 Å². The third-order valence-electron chi connectivity index (χ3n) is 7.84. The molecule has 0 saturated heterocycles. The average Bonchev–Trinajstić information content (AvgIpc) is 3.19. The molecule has 0 bridgehead atoms. The molecule has 0 aliphatic rings. The topological polar surface area (TPSA) is 471 Å². The van der Waals surface area contributed by atoms with Crippen molar-refractivity contribution in [3.63, 3.8) is 0 Å². The molecule has 0 atom stereocenters. The van der Waals surface area contributed by atoms with Gasteiger partial charge in [0.1, 0.15) is 20.4 Å². The average molecular weight is 1070 g/mol. The maximum absolute atomic E-state index is 13.8. The van der Waals surface area contributed by atoms with Crippen molar-refractivity contribution in [1.29, 1.82) is 0 Å². The van der Waals surface area contributed by atoms with Crippen LogP contribution in [0.4, 0.5) is 22.7 Å². The summed E-state index contributed by atoms with van der Waals surface area (Å²) in [5.74, 6) is -3.52. The van der Waals surface area contributed by atoms with Crippen LogP contribution in [0.1, 0.15) is 5.56 Å². The molecule has 4 aromatic rings. The molecule has 360 valence electrons. The molecule has 4 rings (SSSR count). The zero-order chi connectivity index (χ0) is 49.6. The van der Waals surface area contributed by atoms with Gasteiger partial charge in [0.2, 0.25) is 10.9 Å². The van der Waals surface area contributed by atoms with E-state index in [0.717, 1.165) is 18.2 Å². The van der Waals surface area contributed by atoms with Crippen LogP contribution in [-0.4, -0.2) is 104 Å². The normalized spacial score (nSPS) is 13.7. The predicted octanol–water partition coefficient (Wildman–Crippen LogP) is -0.324. The molecule has 30 nitrogen and oxygen atoms in total. The maximum atomic E-state index is 13.8. The third kappa shape index (κ3) is 13.9. The Bertz CT molecular complexity index is 3520. The second-order valence-corrected chi connectivity index (χ2v) is 22.3. The van der Waals surface area contributed by atoms with E-state index in [2.05, 4.69) is 38.2 Å². The van der Waals surface area contributed by atoms with Crippen molar-refractivity contribution in [2.45, 2.75) is 31.4 Å². The molecule has 0 heterocycles. The lowest BCUT2D eigenvalue weighted by atomic mass is 10.2. The number of phenolic OH excluding ortho intramolecular Hbond substituents is 1. The second kappa shape index (κ2) is 20.7. The minimum Gasteiger partial charge on any atom is -0.504 e. The van der Waals surface area contributed by atoms with Gasteiger partial charge >= 0.3 is 10.4 Å². The number of sulfone groups is 2. The molecular formula is C29H28N6O24S7. The van der Waals surface area contributed by atoms with Crippen molar-refractivity contribution in [3.8, 4) is 5.75 Å². The monoisotopic (exact) mass is 1070 g/mol. The number of aryl methyl sites for hydroxylation is 1. The van der Waals surface area contributed by atoms with Crippen LogP contribution in [0, 0.1) is 6.92 Å². The van der Waals surface area contributed by atoms with Crippen LogP contribution >= 0.6 is 12.3 Å². The first-order valence-electron chi connectivity index (χ1n) is 16.6. The number of nitrogens with one attached hydrogen (secondary N) is 2. The summed E-state index contributed by atoms with van der Waals surface area (Å²) in [7, 11) is -30.0. The third-order valence-corrected chi connectivity index (χ3v) is 14.7. The van der Waals surface area contributed by atoms with Gasteiger partial charge < -0.3 is 5.11 Å². The number of phenols is 1. The Kier molecular flexibility index (Phi) is 16.8. The van der Waals surface area contributed by atoms with Crippen LogP contribution in [0.3, 0.4) is 0 Å². The first-order chi connectivity index (χ1) is 30.4. The van der Waals surface area contributed by atoms with E-state index in [0.29, 0.717) is 30.3 Å². The molecule has 4 aromatic carbocycles. The van der Waals surface area contributed by atoms with E-state index in [4.69, 9.17) is 9.81 Å². The molecule has 0 amide bonds. The molecule has 37 heteroatoms. The summed E-state index contributed by atoms with van der Waals surface area (Å²) < 4.78 is 197.